The molecule has 0 amide bonds. The number of fused-ring (bicyclic) bond motifs is 1. The Kier molecular flexibility index (Phi) is 2.52. The van der Waals surface area contributed by atoms with Crippen LogP contribution in [0.15, 0.2) is 17.8 Å². The summed E-state index contributed by atoms with van der Waals surface area (Å²) in [5.41, 5.74) is 1.06. The van der Waals surface area contributed by atoms with E-state index in [9.17, 15) is 4.79 Å². The van der Waals surface area contributed by atoms with Crippen LogP contribution in [-0.2, 0) is 11.2 Å². The minimum Gasteiger partial charge on any atom is -0.299 e. The molecular weight excluding hydrogens is 220 g/mol. The lowest BCUT2D eigenvalue weighted by atomic mass is 9.85. The van der Waals surface area contributed by atoms with E-state index in [0.29, 0.717) is 5.78 Å². The van der Waals surface area contributed by atoms with Gasteiger partial charge in [-0.1, -0.05) is 6.42 Å². The summed E-state index contributed by atoms with van der Waals surface area (Å²) in [6.07, 6.45) is 8.98. The monoisotopic (exact) mass is 234 g/mol. The first kappa shape index (κ1) is 10.0. The van der Waals surface area contributed by atoms with Gasteiger partial charge in [-0.3, -0.25) is 9.20 Å². The minimum atomic E-state index is 0.221. The van der Waals surface area contributed by atoms with E-state index in [4.69, 9.17) is 0 Å². The normalized spacial score (nSPS) is 21.8. The Morgan fingerprint density at radius 3 is 3.25 bits per heavy atom. The number of thiazole rings is 1. The highest BCUT2D eigenvalue weighted by Gasteiger charge is 2.23. The maximum atomic E-state index is 11.7. The van der Waals surface area contributed by atoms with Crippen LogP contribution in [0.4, 0.5) is 0 Å². The average molecular weight is 234 g/mol. The molecule has 4 heteroatoms. The van der Waals surface area contributed by atoms with Gasteiger partial charge in [-0.15, -0.1) is 11.3 Å². The number of carbonyl (C=O) groups is 1. The van der Waals surface area contributed by atoms with Gasteiger partial charge in [0.15, 0.2) is 4.96 Å². The van der Waals surface area contributed by atoms with Crippen molar-refractivity contribution in [3.05, 3.63) is 23.5 Å². The number of hydrogen-bond donors (Lipinski definition) is 0. The predicted octanol–water partition coefficient (Wildman–Crippen LogP) is 2.70. The van der Waals surface area contributed by atoms with Gasteiger partial charge in [0, 0.05) is 36.5 Å². The Balaban J connectivity index is 1.78. The minimum absolute atomic E-state index is 0.221. The number of imidazole rings is 1. The van der Waals surface area contributed by atoms with Crippen LogP contribution in [0, 0.1) is 5.92 Å². The van der Waals surface area contributed by atoms with Crippen molar-refractivity contribution in [3.8, 4) is 0 Å². The molecular formula is C12H14N2OS. The van der Waals surface area contributed by atoms with E-state index in [1.807, 2.05) is 22.2 Å². The fraction of sp³-hybridized carbons (Fsp3) is 0.500. The summed E-state index contributed by atoms with van der Waals surface area (Å²) in [5.74, 6) is 0.654. The van der Waals surface area contributed by atoms with Crippen molar-refractivity contribution in [2.24, 2.45) is 5.92 Å². The number of rotatable bonds is 2. The van der Waals surface area contributed by atoms with Gasteiger partial charge in [0.1, 0.15) is 5.78 Å². The highest BCUT2D eigenvalue weighted by atomic mass is 32.1. The van der Waals surface area contributed by atoms with Crippen LogP contribution in [0.2, 0.25) is 0 Å². The molecule has 1 aliphatic rings. The van der Waals surface area contributed by atoms with Gasteiger partial charge in [-0.2, -0.15) is 0 Å². The summed E-state index contributed by atoms with van der Waals surface area (Å²) in [5, 5.41) is 2.03. The van der Waals surface area contributed by atoms with E-state index >= 15 is 0 Å². The standard InChI is InChI=1S/C12H14N2OS/c15-11-4-2-1-3-9(11)7-10-8-14-5-6-16-12(14)13-10/h5-6,8-9H,1-4,7H2. The van der Waals surface area contributed by atoms with E-state index in [-0.39, 0.29) is 5.92 Å². The lowest BCUT2D eigenvalue weighted by Gasteiger charge is -2.19. The molecule has 2 aromatic rings. The summed E-state index contributed by atoms with van der Waals surface area (Å²) < 4.78 is 2.04. The van der Waals surface area contributed by atoms with Crippen LogP contribution in [0.25, 0.3) is 4.96 Å². The van der Waals surface area contributed by atoms with Gasteiger partial charge in [0.2, 0.25) is 0 Å². The molecule has 1 aliphatic carbocycles. The molecule has 84 valence electrons. The second-order valence-electron chi connectivity index (χ2n) is 4.44. The zero-order chi connectivity index (χ0) is 11.0. The van der Waals surface area contributed by atoms with Crippen molar-refractivity contribution in [3.63, 3.8) is 0 Å². The third-order valence-electron chi connectivity index (χ3n) is 3.28. The largest absolute Gasteiger partial charge is 0.299 e. The number of Topliss-reactive ketones (excluding diaryl/α,β-unsaturated/α-hetero) is 1. The SMILES string of the molecule is O=C1CCCCC1Cc1cn2ccsc2n1. The third-order valence-corrected chi connectivity index (χ3v) is 4.05. The molecule has 0 spiro atoms. The van der Waals surface area contributed by atoms with Crippen LogP contribution in [0.3, 0.4) is 0 Å². The van der Waals surface area contributed by atoms with Gasteiger partial charge < -0.3 is 0 Å². The first-order chi connectivity index (χ1) is 7.83. The van der Waals surface area contributed by atoms with Crippen LogP contribution >= 0.6 is 11.3 Å². The lowest BCUT2D eigenvalue weighted by molar-refractivity contribution is -0.124. The smallest absolute Gasteiger partial charge is 0.193 e. The Labute approximate surface area is 98.1 Å². The molecule has 1 atom stereocenters. The van der Waals surface area contributed by atoms with Gasteiger partial charge >= 0.3 is 0 Å². The van der Waals surface area contributed by atoms with E-state index in [0.717, 1.165) is 36.3 Å². The highest BCUT2D eigenvalue weighted by Crippen LogP contribution is 2.24. The number of hydrogen-bond acceptors (Lipinski definition) is 3. The molecule has 1 unspecified atom stereocenters. The zero-order valence-electron chi connectivity index (χ0n) is 9.06. The van der Waals surface area contributed by atoms with Crippen molar-refractivity contribution in [1.29, 1.82) is 0 Å². The molecule has 1 fully saturated rings. The average Bonchev–Trinajstić information content (AvgIpc) is 2.81. The number of nitrogens with zero attached hydrogens (tertiary/aromatic N) is 2. The topological polar surface area (TPSA) is 34.4 Å². The Hall–Kier alpha value is -1.16. The summed E-state index contributed by atoms with van der Waals surface area (Å²) in [6.45, 7) is 0. The van der Waals surface area contributed by atoms with Crippen molar-refractivity contribution in [1.82, 2.24) is 9.38 Å². The van der Waals surface area contributed by atoms with Gasteiger partial charge in [-0.05, 0) is 12.8 Å². The first-order valence-corrected chi connectivity index (χ1v) is 6.65. The van der Waals surface area contributed by atoms with Crippen LogP contribution < -0.4 is 0 Å². The summed E-state index contributed by atoms with van der Waals surface area (Å²) >= 11 is 1.64. The zero-order valence-corrected chi connectivity index (χ0v) is 9.87. The van der Waals surface area contributed by atoms with E-state index in [2.05, 4.69) is 4.98 Å². The molecule has 0 N–H and O–H groups in total. The third kappa shape index (κ3) is 1.78. The summed E-state index contributed by atoms with van der Waals surface area (Å²) in [4.78, 5) is 17.3. The Morgan fingerprint density at radius 2 is 2.44 bits per heavy atom. The summed E-state index contributed by atoms with van der Waals surface area (Å²) in [6, 6.07) is 0. The second kappa shape index (κ2) is 4.01. The molecule has 3 rings (SSSR count). The van der Waals surface area contributed by atoms with E-state index in [1.54, 1.807) is 11.3 Å². The van der Waals surface area contributed by atoms with E-state index < -0.39 is 0 Å². The van der Waals surface area contributed by atoms with Crippen LogP contribution in [0.1, 0.15) is 31.4 Å². The van der Waals surface area contributed by atoms with Crippen LogP contribution in [0.5, 0.6) is 0 Å². The fourth-order valence-corrected chi connectivity index (χ4v) is 3.12. The van der Waals surface area contributed by atoms with Crippen molar-refractivity contribution in [2.75, 3.05) is 0 Å². The van der Waals surface area contributed by atoms with E-state index in [1.165, 1.54) is 6.42 Å². The molecule has 0 aromatic carbocycles. The second-order valence-corrected chi connectivity index (χ2v) is 5.31. The van der Waals surface area contributed by atoms with Gasteiger partial charge in [-0.25, -0.2) is 4.98 Å². The lowest BCUT2D eigenvalue weighted by Crippen LogP contribution is -2.21. The maximum absolute atomic E-state index is 11.7. The van der Waals surface area contributed by atoms with Gasteiger partial charge in [0.25, 0.3) is 0 Å². The quantitative estimate of drug-likeness (QED) is 0.800. The van der Waals surface area contributed by atoms with Crippen molar-refractivity contribution in [2.45, 2.75) is 32.1 Å². The summed E-state index contributed by atoms with van der Waals surface area (Å²) in [7, 11) is 0. The molecule has 3 nitrogen and oxygen atoms in total. The predicted molar refractivity (Wildman–Crippen MR) is 63.7 cm³/mol. The van der Waals surface area contributed by atoms with Crippen molar-refractivity contribution >= 4 is 22.1 Å². The molecule has 2 heterocycles. The highest BCUT2D eigenvalue weighted by molar-refractivity contribution is 7.15. The number of carbonyl (C=O) groups excluding carboxylic acids is 1. The Morgan fingerprint density at radius 1 is 1.50 bits per heavy atom. The number of aromatic nitrogens is 2. The molecule has 0 aliphatic heterocycles. The number of ketones is 1. The van der Waals surface area contributed by atoms with Gasteiger partial charge in [0.05, 0.1) is 5.69 Å². The van der Waals surface area contributed by atoms with Crippen LogP contribution in [-0.4, -0.2) is 15.2 Å². The first-order valence-electron chi connectivity index (χ1n) is 5.77. The molecule has 0 saturated heterocycles. The fourth-order valence-electron chi connectivity index (χ4n) is 2.40. The molecule has 0 bridgehead atoms. The molecule has 0 radical (unpaired) electrons. The van der Waals surface area contributed by atoms with Crippen molar-refractivity contribution < 1.29 is 4.79 Å². The molecule has 16 heavy (non-hydrogen) atoms. The molecule has 1 saturated carbocycles. The Bertz CT molecular complexity index is 485. The molecule has 2 aromatic heterocycles. The maximum Gasteiger partial charge on any atom is 0.193 e.